The van der Waals surface area contributed by atoms with E-state index >= 15 is 0 Å². The van der Waals surface area contributed by atoms with E-state index in [0.29, 0.717) is 10.6 Å². The smallest absolute Gasteiger partial charge is 0.269 e. The highest BCUT2D eigenvalue weighted by molar-refractivity contribution is 7.80. The van der Waals surface area contributed by atoms with Crippen LogP contribution in [0.4, 0.5) is 5.69 Å². The van der Waals surface area contributed by atoms with Gasteiger partial charge in [-0.2, -0.15) is 0 Å². The Balaban J connectivity index is 2.13. The van der Waals surface area contributed by atoms with E-state index in [0.717, 1.165) is 5.56 Å². The van der Waals surface area contributed by atoms with Crippen LogP contribution in [0.15, 0.2) is 53.4 Å². The predicted molar refractivity (Wildman–Crippen MR) is 71.3 cm³/mol. The third kappa shape index (κ3) is 3.38. The second-order valence-corrected chi connectivity index (χ2v) is 4.99. The topological polar surface area (TPSA) is 69.4 Å². The van der Waals surface area contributed by atoms with Gasteiger partial charge >= 0.3 is 0 Å². The zero-order chi connectivity index (χ0) is 13.8. The van der Waals surface area contributed by atoms with Gasteiger partial charge in [-0.1, -0.05) is 12.1 Å². The molecule has 0 aromatic heterocycles. The Kier molecular flexibility index (Phi) is 3.91. The molecule has 0 amide bonds. The van der Waals surface area contributed by atoms with Gasteiger partial charge in [0.25, 0.3) is 5.69 Å². The number of aryl methyl sites for hydroxylation is 1. The van der Waals surface area contributed by atoms with Crippen LogP contribution in [0.1, 0.15) is 5.56 Å². The number of hydrogen-bond donors (Lipinski definition) is 0. The highest BCUT2D eigenvalue weighted by Gasteiger charge is 2.09. The summed E-state index contributed by atoms with van der Waals surface area (Å²) in [5.74, 6) is 0.324. The normalized spacial score (nSPS) is 11.8. The van der Waals surface area contributed by atoms with Crippen molar-refractivity contribution in [3.63, 3.8) is 0 Å². The summed E-state index contributed by atoms with van der Waals surface area (Å²) < 4.78 is 17.2. The van der Waals surface area contributed by atoms with Gasteiger partial charge in [0, 0.05) is 12.1 Å². The van der Waals surface area contributed by atoms with E-state index in [1.54, 1.807) is 18.2 Å². The Morgan fingerprint density at radius 1 is 1.16 bits per heavy atom. The molecule has 1 atom stereocenters. The van der Waals surface area contributed by atoms with Gasteiger partial charge in [0.2, 0.25) is 11.1 Å². The van der Waals surface area contributed by atoms with Gasteiger partial charge in [-0.15, -0.1) is 0 Å². The molecule has 0 aliphatic heterocycles. The van der Waals surface area contributed by atoms with Crippen molar-refractivity contribution in [1.29, 1.82) is 0 Å². The lowest BCUT2D eigenvalue weighted by Crippen LogP contribution is -2.01. The Morgan fingerprint density at radius 2 is 1.84 bits per heavy atom. The van der Waals surface area contributed by atoms with Crippen LogP contribution in [-0.2, 0) is 11.1 Å². The molecule has 1 unspecified atom stereocenters. The van der Waals surface area contributed by atoms with E-state index in [2.05, 4.69) is 0 Å². The van der Waals surface area contributed by atoms with E-state index in [-0.39, 0.29) is 5.69 Å². The Hall–Kier alpha value is -2.21. The summed E-state index contributed by atoms with van der Waals surface area (Å²) in [6, 6.07) is 12.6. The Bertz CT molecular complexity index is 625. The maximum atomic E-state index is 11.9. The number of nitro groups is 1. The molecular formula is C13H11NO4S. The minimum absolute atomic E-state index is 0.0336. The summed E-state index contributed by atoms with van der Waals surface area (Å²) in [5.41, 5.74) is 0.951. The summed E-state index contributed by atoms with van der Waals surface area (Å²) in [6.07, 6.45) is 0. The van der Waals surface area contributed by atoms with Crippen molar-refractivity contribution in [3.8, 4) is 5.75 Å². The molecule has 0 saturated heterocycles. The first kappa shape index (κ1) is 13.2. The SMILES string of the molecule is Cc1cccc(S(=O)Oc2ccc([N+](=O)[O-])cc2)c1. The second kappa shape index (κ2) is 5.62. The predicted octanol–water partition coefficient (Wildman–Crippen LogP) is 3.00. The zero-order valence-corrected chi connectivity index (χ0v) is 10.9. The van der Waals surface area contributed by atoms with E-state index in [1.165, 1.54) is 24.3 Å². The second-order valence-electron chi connectivity index (χ2n) is 3.89. The monoisotopic (exact) mass is 277 g/mol. The molecule has 2 aromatic rings. The lowest BCUT2D eigenvalue weighted by Gasteiger charge is -2.05. The first-order valence-electron chi connectivity index (χ1n) is 5.47. The standard InChI is InChI=1S/C13H11NO4S/c1-10-3-2-4-13(9-10)19(17)18-12-7-5-11(6-8-12)14(15)16/h2-9H,1H3. The minimum atomic E-state index is -1.63. The number of nitro benzene ring substituents is 1. The third-order valence-electron chi connectivity index (χ3n) is 2.40. The molecule has 0 radical (unpaired) electrons. The van der Waals surface area contributed by atoms with Gasteiger partial charge in [0.15, 0.2) is 0 Å². The molecule has 2 aromatic carbocycles. The van der Waals surface area contributed by atoms with Gasteiger partial charge in [-0.05, 0) is 36.8 Å². The van der Waals surface area contributed by atoms with Crippen molar-refractivity contribution in [1.82, 2.24) is 0 Å². The molecule has 2 rings (SSSR count). The molecule has 98 valence electrons. The molecule has 0 fully saturated rings. The molecule has 0 aliphatic carbocycles. The van der Waals surface area contributed by atoms with Crippen molar-refractivity contribution >= 4 is 16.8 Å². The van der Waals surface area contributed by atoms with Crippen molar-refractivity contribution in [2.24, 2.45) is 0 Å². The highest BCUT2D eigenvalue weighted by atomic mass is 32.2. The molecule has 0 saturated carbocycles. The summed E-state index contributed by atoms with van der Waals surface area (Å²) in [5, 5.41) is 10.5. The van der Waals surface area contributed by atoms with Crippen molar-refractivity contribution < 1.29 is 13.3 Å². The molecule has 19 heavy (non-hydrogen) atoms. The maximum Gasteiger partial charge on any atom is 0.269 e. The van der Waals surface area contributed by atoms with Crippen LogP contribution >= 0.6 is 0 Å². The molecule has 0 N–H and O–H groups in total. The third-order valence-corrected chi connectivity index (χ3v) is 3.38. The molecule has 0 heterocycles. The molecule has 0 bridgehead atoms. The van der Waals surface area contributed by atoms with Crippen molar-refractivity contribution in [3.05, 3.63) is 64.2 Å². The first-order chi connectivity index (χ1) is 9.06. The van der Waals surface area contributed by atoms with Gasteiger partial charge < -0.3 is 4.18 Å². The number of hydrogen-bond acceptors (Lipinski definition) is 4. The number of nitrogens with zero attached hydrogens (tertiary/aromatic N) is 1. The lowest BCUT2D eigenvalue weighted by atomic mass is 10.2. The molecule has 6 heteroatoms. The first-order valence-corrected chi connectivity index (χ1v) is 6.55. The van der Waals surface area contributed by atoms with Crippen LogP contribution in [0.5, 0.6) is 5.75 Å². The lowest BCUT2D eigenvalue weighted by molar-refractivity contribution is -0.384. The summed E-state index contributed by atoms with van der Waals surface area (Å²) in [4.78, 5) is 10.6. The fraction of sp³-hybridized carbons (Fsp3) is 0.0769. The Morgan fingerprint density at radius 3 is 2.42 bits per heavy atom. The number of non-ortho nitro benzene ring substituents is 1. The van der Waals surface area contributed by atoms with Gasteiger partial charge in [-0.25, -0.2) is 4.21 Å². The average Bonchev–Trinajstić information content (AvgIpc) is 2.39. The van der Waals surface area contributed by atoms with E-state index in [4.69, 9.17) is 4.18 Å². The fourth-order valence-electron chi connectivity index (χ4n) is 1.48. The van der Waals surface area contributed by atoms with Crippen LogP contribution in [0.25, 0.3) is 0 Å². The van der Waals surface area contributed by atoms with Crippen molar-refractivity contribution in [2.75, 3.05) is 0 Å². The Labute approximate surface area is 112 Å². The quantitative estimate of drug-likeness (QED) is 0.636. The van der Waals surface area contributed by atoms with Gasteiger partial charge in [0.05, 0.1) is 9.82 Å². The van der Waals surface area contributed by atoms with Gasteiger partial charge in [0.1, 0.15) is 5.75 Å². The summed E-state index contributed by atoms with van der Waals surface area (Å²) in [7, 11) is 0. The van der Waals surface area contributed by atoms with Crippen LogP contribution in [-0.4, -0.2) is 9.13 Å². The molecular weight excluding hydrogens is 266 g/mol. The van der Waals surface area contributed by atoms with Crippen LogP contribution in [0, 0.1) is 17.0 Å². The minimum Gasteiger partial charge on any atom is -0.397 e. The van der Waals surface area contributed by atoms with E-state index < -0.39 is 16.0 Å². The largest absolute Gasteiger partial charge is 0.397 e. The maximum absolute atomic E-state index is 11.9. The van der Waals surface area contributed by atoms with E-state index in [9.17, 15) is 14.3 Å². The molecule has 0 spiro atoms. The highest BCUT2D eigenvalue weighted by Crippen LogP contribution is 2.20. The van der Waals surface area contributed by atoms with Crippen LogP contribution < -0.4 is 4.18 Å². The zero-order valence-electron chi connectivity index (χ0n) is 10.1. The van der Waals surface area contributed by atoms with Crippen LogP contribution in [0.2, 0.25) is 0 Å². The van der Waals surface area contributed by atoms with E-state index in [1.807, 2.05) is 13.0 Å². The molecule has 0 aliphatic rings. The van der Waals surface area contributed by atoms with Crippen LogP contribution in [0.3, 0.4) is 0 Å². The number of rotatable bonds is 4. The number of benzene rings is 2. The van der Waals surface area contributed by atoms with Crippen molar-refractivity contribution in [2.45, 2.75) is 11.8 Å². The summed E-state index contributed by atoms with van der Waals surface area (Å²) in [6.45, 7) is 1.90. The van der Waals surface area contributed by atoms with Gasteiger partial charge in [-0.3, -0.25) is 10.1 Å². The molecule has 5 nitrogen and oxygen atoms in total. The average molecular weight is 277 g/mol. The summed E-state index contributed by atoms with van der Waals surface area (Å²) >= 11 is -1.63. The fourth-order valence-corrected chi connectivity index (χ4v) is 2.33.